The first-order chi connectivity index (χ1) is 42.8. The molecule has 0 bridgehead atoms. The summed E-state index contributed by atoms with van der Waals surface area (Å²) in [6.45, 7) is 0. The number of hydrogen-bond acceptors (Lipinski definition) is 3. The Labute approximate surface area is 503 Å². The molecule has 0 amide bonds. The van der Waals surface area contributed by atoms with Crippen molar-refractivity contribution in [3.8, 4) is 17.1 Å². The smallest absolute Gasteiger partial charge is 0.171 e. The van der Waals surface area contributed by atoms with E-state index in [4.69, 9.17) is 0 Å². The van der Waals surface area contributed by atoms with Gasteiger partial charge < -0.3 is 27.4 Å². The van der Waals surface area contributed by atoms with Gasteiger partial charge in [0.05, 0.1) is 50.2 Å². The minimum Gasteiger partial charge on any atom is -0.309 e. The maximum absolute atomic E-state index is 16.1. The fourth-order valence-electron chi connectivity index (χ4n) is 13.4. The van der Waals surface area contributed by atoms with Gasteiger partial charge in [0.25, 0.3) is 0 Å². The van der Waals surface area contributed by atoms with Crippen LogP contribution in [0.25, 0.3) is 82.5 Å². The summed E-state index contributed by atoms with van der Waals surface area (Å²) in [7, 11) is -10.0. The van der Waals surface area contributed by atoms with E-state index in [0.717, 1.165) is 130 Å². The van der Waals surface area contributed by atoms with Crippen molar-refractivity contribution >= 4 is 135 Å². The molecule has 0 N–H and O–H groups in total. The summed E-state index contributed by atoms with van der Waals surface area (Å²) in [6.07, 6.45) is 0. The fraction of sp³-hybridized carbons (Fsp3) is 0. The topological polar surface area (TPSA) is 66.0 Å². The summed E-state index contributed by atoms with van der Waals surface area (Å²) in [4.78, 5) is 0. The highest BCUT2D eigenvalue weighted by molar-refractivity contribution is 7.86. The van der Waals surface area contributed by atoms with Gasteiger partial charge in [-0.15, -0.1) is 0 Å². The Bertz CT molecular complexity index is 4800. The van der Waals surface area contributed by atoms with Crippen molar-refractivity contribution in [2.24, 2.45) is 0 Å². The minimum absolute atomic E-state index is 0.757. The Balaban J connectivity index is 0.971. The maximum atomic E-state index is 16.1. The van der Waals surface area contributed by atoms with Crippen molar-refractivity contribution in [3.63, 3.8) is 0 Å². The third kappa shape index (κ3) is 8.28. The summed E-state index contributed by atoms with van der Waals surface area (Å²) in [5.41, 5.74) is 8.62. The molecular formula is C78H54N3O3P3. The lowest BCUT2D eigenvalue weighted by Gasteiger charge is -2.21. The van der Waals surface area contributed by atoms with Gasteiger partial charge >= 0.3 is 0 Å². The summed E-state index contributed by atoms with van der Waals surface area (Å²) in [6, 6.07) is 111. The lowest BCUT2D eigenvalue weighted by Crippen LogP contribution is -2.24. The van der Waals surface area contributed by atoms with Crippen molar-refractivity contribution < 1.29 is 13.7 Å². The number of benzene rings is 13. The van der Waals surface area contributed by atoms with Crippen LogP contribution in [0.5, 0.6) is 0 Å². The molecule has 0 saturated heterocycles. The van der Waals surface area contributed by atoms with E-state index in [1.54, 1.807) is 0 Å². The highest BCUT2D eigenvalue weighted by atomic mass is 31.2. The van der Waals surface area contributed by atoms with Crippen LogP contribution in [-0.4, -0.2) is 13.7 Å². The van der Waals surface area contributed by atoms with Crippen LogP contribution in [0.1, 0.15) is 0 Å². The van der Waals surface area contributed by atoms with Gasteiger partial charge in [-0.2, -0.15) is 0 Å². The molecule has 87 heavy (non-hydrogen) atoms. The number of nitrogens with zero attached hydrogens (tertiary/aromatic N) is 3. The van der Waals surface area contributed by atoms with E-state index in [0.29, 0.717) is 0 Å². The number of fused-ring (bicyclic) bond motifs is 9. The van der Waals surface area contributed by atoms with Gasteiger partial charge in [-0.1, -0.05) is 237 Å². The van der Waals surface area contributed by atoms with Crippen molar-refractivity contribution in [2.45, 2.75) is 0 Å². The van der Waals surface area contributed by atoms with Gasteiger partial charge in [-0.3, -0.25) is 0 Å². The fourth-order valence-corrected chi connectivity index (χ4v) is 21.5. The van der Waals surface area contributed by atoms with Crippen LogP contribution in [0.2, 0.25) is 0 Å². The highest BCUT2D eigenvalue weighted by Crippen LogP contribution is 2.48. The molecule has 16 rings (SSSR count). The molecule has 0 atom stereocenters. The van der Waals surface area contributed by atoms with E-state index < -0.39 is 21.4 Å². The Hall–Kier alpha value is -10.1. The second kappa shape index (κ2) is 20.9. The average Bonchev–Trinajstić information content (AvgIpc) is 1.76. The molecule has 6 nitrogen and oxygen atoms in total. The first kappa shape index (κ1) is 52.5. The quantitative estimate of drug-likeness (QED) is 0.115. The first-order valence-electron chi connectivity index (χ1n) is 29.2. The zero-order valence-electron chi connectivity index (χ0n) is 47.1. The number of para-hydroxylation sites is 3. The Morgan fingerprint density at radius 1 is 0.172 bits per heavy atom. The number of hydrogen-bond donors (Lipinski definition) is 0. The molecule has 0 saturated carbocycles. The van der Waals surface area contributed by atoms with Crippen molar-refractivity contribution in [1.29, 1.82) is 0 Å². The van der Waals surface area contributed by atoms with Crippen LogP contribution >= 0.6 is 21.4 Å². The van der Waals surface area contributed by atoms with Crippen molar-refractivity contribution in [2.75, 3.05) is 0 Å². The van der Waals surface area contributed by atoms with Gasteiger partial charge in [0, 0.05) is 80.1 Å². The zero-order valence-corrected chi connectivity index (χ0v) is 49.8. The molecule has 0 aliphatic heterocycles. The summed E-state index contributed by atoms with van der Waals surface area (Å²) in [5.74, 6) is 0. The molecular weight excluding hydrogens is 1120 g/mol. The van der Waals surface area contributed by atoms with Crippen LogP contribution in [-0.2, 0) is 13.7 Å². The summed E-state index contributed by atoms with van der Waals surface area (Å²) in [5, 5.41) is 13.0. The van der Waals surface area contributed by atoms with Crippen LogP contribution in [0, 0.1) is 0 Å². The normalized spacial score (nSPS) is 12.3. The Kier molecular flexibility index (Phi) is 12.6. The lowest BCUT2D eigenvalue weighted by molar-refractivity contribution is 0.591. The largest absolute Gasteiger partial charge is 0.309 e. The van der Waals surface area contributed by atoms with Gasteiger partial charge in [0.1, 0.15) is 0 Å². The van der Waals surface area contributed by atoms with Gasteiger partial charge in [0.2, 0.25) is 0 Å². The number of aromatic nitrogens is 3. The van der Waals surface area contributed by atoms with Crippen molar-refractivity contribution in [3.05, 3.63) is 328 Å². The predicted molar refractivity (Wildman–Crippen MR) is 368 cm³/mol. The summed E-state index contributed by atoms with van der Waals surface area (Å²) >= 11 is 0. The third-order valence-electron chi connectivity index (χ3n) is 17.4. The second-order valence-electron chi connectivity index (χ2n) is 22.2. The second-order valence-corrected chi connectivity index (χ2v) is 30.5. The molecule has 0 unspecified atom stereocenters. The summed E-state index contributed by atoms with van der Waals surface area (Å²) < 4.78 is 55.2. The molecule has 9 heteroatoms. The minimum atomic E-state index is -3.35. The SMILES string of the molecule is O=P(c1ccccc1)(c1ccccc1)c1ccc2c(c1)c1ccccc1n2-c1cc(-n2c3ccccc3c3cc(P(=O)(c4ccccc4)c4ccccc4)ccc32)cc(-n2c3ccccc3c3cc(P(=O)(c4ccccc4)c4ccccc4)ccc32)c1. The molecule has 3 heterocycles. The van der Waals surface area contributed by atoms with E-state index in [-0.39, 0.29) is 0 Å². The molecule has 16 aromatic rings. The monoisotopic (exact) mass is 1170 g/mol. The van der Waals surface area contributed by atoms with Crippen LogP contribution in [0.3, 0.4) is 0 Å². The average molecular weight is 1170 g/mol. The maximum Gasteiger partial charge on any atom is 0.171 e. The Morgan fingerprint density at radius 3 is 0.598 bits per heavy atom. The van der Waals surface area contributed by atoms with Crippen molar-refractivity contribution in [1.82, 2.24) is 13.7 Å². The molecule has 3 aromatic heterocycles. The highest BCUT2D eigenvalue weighted by Gasteiger charge is 2.34. The first-order valence-corrected chi connectivity index (χ1v) is 34.3. The number of rotatable bonds is 12. The van der Waals surface area contributed by atoms with E-state index in [9.17, 15) is 0 Å². The lowest BCUT2D eigenvalue weighted by atomic mass is 10.1. The van der Waals surface area contributed by atoms with Crippen LogP contribution in [0.4, 0.5) is 0 Å². The molecule has 0 fully saturated rings. The Morgan fingerprint density at radius 2 is 0.368 bits per heavy atom. The molecule has 0 spiro atoms. The molecule has 0 aliphatic carbocycles. The van der Waals surface area contributed by atoms with E-state index in [1.165, 1.54) is 0 Å². The van der Waals surface area contributed by atoms with Gasteiger partial charge in [-0.05, 0) is 91.0 Å². The van der Waals surface area contributed by atoms with E-state index in [2.05, 4.69) is 159 Å². The predicted octanol–water partition coefficient (Wildman–Crippen LogP) is 15.9. The molecule has 0 radical (unpaired) electrons. The van der Waals surface area contributed by atoms with Crippen LogP contribution < -0.4 is 47.7 Å². The molecule has 0 aliphatic rings. The van der Waals surface area contributed by atoms with Crippen LogP contribution in [0.15, 0.2) is 328 Å². The van der Waals surface area contributed by atoms with E-state index >= 15 is 13.7 Å². The van der Waals surface area contributed by atoms with E-state index in [1.807, 2.05) is 182 Å². The third-order valence-corrected chi connectivity index (χ3v) is 26.6. The molecule has 414 valence electrons. The molecule has 13 aromatic carbocycles. The van der Waals surface area contributed by atoms with Gasteiger partial charge in [0.15, 0.2) is 21.4 Å². The zero-order chi connectivity index (χ0) is 58.3. The standard InChI is InChI=1S/C78H54N3O3P3/c82-85(58-25-7-1-8-26-58,59-27-9-2-10-28-59)64-43-46-76-70(52-64)67-37-19-22-40-73(67)79(76)55-49-56(80-74-41-23-20-38-68(74)71-53-65(44-47-77(71)80)86(83,60-29-11-3-12-30-60)61-31-13-4-14-32-61)51-57(50-55)81-75-42-24-21-39-69(75)72-54-66(45-48-78(72)81)87(84,62-33-15-5-16-34-62)63-35-17-6-18-36-63/h1-54H. The van der Waals surface area contributed by atoms with Gasteiger partial charge in [-0.25, -0.2) is 0 Å².